The van der Waals surface area contributed by atoms with Gasteiger partial charge in [-0.1, -0.05) is 33.3 Å². The van der Waals surface area contributed by atoms with Crippen molar-refractivity contribution >= 4 is 5.78 Å². The van der Waals surface area contributed by atoms with E-state index in [2.05, 4.69) is 40.2 Å². The molecule has 0 saturated heterocycles. The SMILES string of the molecule is C#C.C=CC.CC1C(=O)CCC2(C)C1CCC1(C)C3CCC4(CO)CCCC4C3CCC21. The maximum absolute atomic E-state index is 12.4. The minimum atomic E-state index is 0.275. The topological polar surface area (TPSA) is 37.3 Å². The number of ketones is 1. The fourth-order valence-corrected chi connectivity index (χ4v) is 10.0. The molecule has 180 valence electrons. The molecule has 0 spiro atoms. The summed E-state index contributed by atoms with van der Waals surface area (Å²) < 4.78 is 0. The number of aliphatic hydroxyl groups excluding tert-OH is 1. The summed E-state index contributed by atoms with van der Waals surface area (Å²) in [4.78, 5) is 12.4. The number of terminal acetylenes is 1. The van der Waals surface area contributed by atoms with Gasteiger partial charge in [-0.15, -0.1) is 19.4 Å². The third-order valence-corrected chi connectivity index (χ3v) is 11.4. The maximum atomic E-state index is 12.4. The molecular formula is C30H48O2. The smallest absolute Gasteiger partial charge is 0.136 e. The molecule has 5 fully saturated rings. The molecule has 5 rings (SSSR count). The standard InChI is InChI=1S/C25H40O2.C3H6.C2H2/c1-16-18-8-12-24(3)19-9-14-25(15-26)11-4-5-20(25)17(19)6-7-22(24)23(18,2)13-10-21(16)27;1-3-2;1-2/h16-20,22,26H,4-15H2,1-3H3;3H,1H2,2H3;1-2H. The highest BCUT2D eigenvalue weighted by Crippen LogP contribution is 2.71. The number of carbonyl (C=O) groups excluding carboxylic acids is 1. The summed E-state index contributed by atoms with van der Waals surface area (Å²) >= 11 is 0. The van der Waals surface area contributed by atoms with Gasteiger partial charge in [-0.2, -0.15) is 0 Å². The van der Waals surface area contributed by atoms with Gasteiger partial charge in [-0.05, 0) is 111 Å². The number of aliphatic hydroxyl groups is 1. The van der Waals surface area contributed by atoms with Crippen LogP contribution in [0.15, 0.2) is 12.7 Å². The van der Waals surface area contributed by atoms with Crippen LogP contribution < -0.4 is 0 Å². The predicted molar refractivity (Wildman–Crippen MR) is 134 cm³/mol. The minimum Gasteiger partial charge on any atom is -0.396 e. The molecule has 0 heterocycles. The van der Waals surface area contributed by atoms with E-state index in [0.717, 1.165) is 36.5 Å². The molecule has 32 heavy (non-hydrogen) atoms. The predicted octanol–water partition coefficient (Wildman–Crippen LogP) is 7.06. The molecule has 9 unspecified atom stereocenters. The minimum absolute atomic E-state index is 0.275. The van der Waals surface area contributed by atoms with Gasteiger partial charge < -0.3 is 5.11 Å². The molecule has 5 saturated carbocycles. The molecule has 0 bridgehead atoms. The summed E-state index contributed by atoms with van der Waals surface area (Å²) in [5, 5.41) is 10.3. The second kappa shape index (κ2) is 9.66. The van der Waals surface area contributed by atoms with E-state index in [1.807, 2.05) is 6.92 Å². The lowest BCUT2D eigenvalue weighted by Gasteiger charge is -2.67. The van der Waals surface area contributed by atoms with Crippen LogP contribution in [-0.4, -0.2) is 17.5 Å². The quantitative estimate of drug-likeness (QED) is 0.350. The van der Waals surface area contributed by atoms with Crippen molar-refractivity contribution in [2.45, 2.75) is 98.3 Å². The number of hydrogen-bond donors (Lipinski definition) is 1. The van der Waals surface area contributed by atoms with Crippen LogP contribution in [-0.2, 0) is 4.79 Å². The van der Waals surface area contributed by atoms with Crippen molar-refractivity contribution in [3.8, 4) is 12.8 Å². The van der Waals surface area contributed by atoms with Gasteiger partial charge in [0.15, 0.2) is 0 Å². The number of allylic oxidation sites excluding steroid dienone is 1. The Balaban J connectivity index is 0.000000536. The summed E-state index contributed by atoms with van der Waals surface area (Å²) in [6.45, 7) is 13.1. The van der Waals surface area contributed by atoms with Gasteiger partial charge in [0.1, 0.15) is 5.78 Å². The second-order valence-electron chi connectivity index (χ2n) is 12.3. The van der Waals surface area contributed by atoms with Crippen LogP contribution >= 0.6 is 0 Å². The zero-order valence-corrected chi connectivity index (χ0v) is 21.2. The van der Waals surface area contributed by atoms with Crippen molar-refractivity contribution < 1.29 is 9.90 Å². The molecule has 0 aromatic carbocycles. The molecular weight excluding hydrogens is 392 g/mol. The van der Waals surface area contributed by atoms with E-state index in [1.54, 1.807) is 6.08 Å². The Morgan fingerprint density at radius 1 is 0.969 bits per heavy atom. The Morgan fingerprint density at radius 3 is 2.25 bits per heavy atom. The monoisotopic (exact) mass is 440 g/mol. The molecule has 9 atom stereocenters. The van der Waals surface area contributed by atoms with Gasteiger partial charge in [0.2, 0.25) is 0 Å². The molecule has 0 radical (unpaired) electrons. The fraction of sp³-hybridized carbons (Fsp3) is 0.833. The first kappa shape index (κ1) is 25.6. The molecule has 2 heteroatoms. The lowest BCUT2D eigenvalue weighted by molar-refractivity contribution is -0.187. The highest BCUT2D eigenvalue weighted by atomic mass is 16.3. The van der Waals surface area contributed by atoms with E-state index in [0.29, 0.717) is 29.1 Å². The number of carbonyl (C=O) groups is 1. The van der Waals surface area contributed by atoms with Crippen molar-refractivity contribution in [2.24, 2.45) is 51.8 Å². The van der Waals surface area contributed by atoms with Crippen LogP contribution in [0.25, 0.3) is 0 Å². The first-order chi connectivity index (χ1) is 15.3. The first-order valence-corrected chi connectivity index (χ1v) is 13.3. The van der Waals surface area contributed by atoms with E-state index >= 15 is 0 Å². The largest absolute Gasteiger partial charge is 0.396 e. The number of hydrogen-bond acceptors (Lipinski definition) is 2. The lowest BCUT2D eigenvalue weighted by Crippen LogP contribution is -2.61. The molecule has 1 N–H and O–H groups in total. The summed E-state index contributed by atoms with van der Waals surface area (Å²) in [6.07, 6.45) is 23.7. The van der Waals surface area contributed by atoms with Crippen molar-refractivity contribution in [3.63, 3.8) is 0 Å². The highest BCUT2D eigenvalue weighted by molar-refractivity contribution is 5.82. The van der Waals surface area contributed by atoms with Crippen molar-refractivity contribution in [1.82, 2.24) is 0 Å². The zero-order valence-electron chi connectivity index (χ0n) is 21.2. The number of fused-ring (bicyclic) bond motifs is 7. The van der Waals surface area contributed by atoms with Crippen LogP contribution in [0, 0.1) is 64.6 Å². The van der Waals surface area contributed by atoms with Crippen LogP contribution in [0.2, 0.25) is 0 Å². The lowest BCUT2D eigenvalue weighted by atomic mass is 9.38. The van der Waals surface area contributed by atoms with Gasteiger partial charge in [0.25, 0.3) is 0 Å². The molecule has 0 aromatic heterocycles. The Labute approximate surface area is 198 Å². The van der Waals surface area contributed by atoms with Gasteiger partial charge in [0, 0.05) is 18.9 Å². The van der Waals surface area contributed by atoms with E-state index in [1.165, 1.54) is 57.8 Å². The average molecular weight is 441 g/mol. The number of Topliss-reactive ketones (excluding diaryl/α,β-unsaturated/α-hetero) is 1. The Morgan fingerprint density at radius 2 is 1.59 bits per heavy atom. The zero-order chi connectivity index (χ0) is 23.7. The molecule has 5 aliphatic carbocycles. The van der Waals surface area contributed by atoms with E-state index in [9.17, 15) is 9.90 Å². The third kappa shape index (κ3) is 3.72. The van der Waals surface area contributed by atoms with E-state index in [4.69, 9.17) is 0 Å². The van der Waals surface area contributed by atoms with Crippen LogP contribution in [0.5, 0.6) is 0 Å². The molecule has 0 aliphatic heterocycles. The van der Waals surface area contributed by atoms with E-state index < -0.39 is 0 Å². The van der Waals surface area contributed by atoms with Crippen LogP contribution in [0.4, 0.5) is 0 Å². The van der Waals surface area contributed by atoms with Crippen molar-refractivity contribution in [1.29, 1.82) is 0 Å². The highest BCUT2D eigenvalue weighted by Gasteiger charge is 2.64. The van der Waals surface area contributed by atoms with E-state index in [-0.39, 0.29) is 11.3 Å². The van der Waals surface area contributed by atoms with Crippen molar-refractivity contribution in [3.05, 3.63) is 12.7 Å². The van der Waals surface area contributed by atoms with Crippen LogP contribution in [0.1, 0.15) is 98.3 Å². The molecule has 5 aliphatic rings. The first-order valence-electron chi connectivity index (χ1n) is 13.3. The Hall–Kier alpha value is -1.07. The molecule has 0 amide bonds. The van der Waals surface area contributed by atoms with Crippen LogP contribution in [0.3, 0.4) is 0 Å². The Bertz CT molecular complexity index is 709. The summed E-state index contributed by atoms with van der Waals surface area (Å²) in [7, 11) is 0. The van der Waals surface area contributed by atoms with Gasteiger partial charge >= 0.3 is 0 Å². The maximum Gasteiger partial charge on any atom is 0.136 e. The fourth-order valence-electron chi connectivity index (χ4n) is 10.0. The Kier molecular flexibility index (Phi) is 7.71. The summed E-state index contributed by atoms with van der Waals surface area (Å²) in [5.74, 6) is 4.77. The molecule has 0 aromatic rings. The average Bonchev–Trinajstić information content (AvgIpc) is 3.23. The third-order valence-electron chi connectivity index (χ3n) is 11.4. The van der Waals surface area contributed by atoms with Gasteiger partial charge in [-0.3, -0.25) is 4.79 Å². The van der Waals surface area contributed by atoms with Gasteiger partial charge in [0.05, 0.1) is 0 Å². The normalized spacial score (nSPS) is 48.9. The second-order valence-corrected chi connectivity index (χ2v) is 12.3. The van der Waals surface area contributed by atoms with Gasteiger partial charge in [-0.25, -0.2) is 0 Å². The van der Waals surface area contributed by atoms with Crippen molar-refractivity contribution in [2.75, 3.05) is 6.61 Å². The molecule has 2 nitrogen and oxygen atoms in total. The summed E-state index contributed by atoms with van der Waals surface area (Å²) in [5.41, 5.74) is 1.13. The summed E-state index contributed by atoms with van der Waals surface area (Å²) in [6, 6.07) is 0. The number of rotatable bonds is 1.